The van der Waals surface area contributed by atoms with Crippen molar-refractivity contribution in [3.05, 3.63) is 65.0 Å². The molecule has 1 atom stereocenters. The molecule has 3 rings (SSSR count). The van der Waals surface area contributed by atoms with Gasteiger partial charge in [-0.2, -0.15) is 22.0 Å². The van der Waals surface area contributed by atoms with E-state index in [-0.39, 0.29) is 23.1 Å². The Hall–Kier alpha value is -2.73. The Morgan fingerprint density at radius 3 is 2.17 bits per heavy atom. The van der Waals surface area contributed by atoms with E-state index in [2.05, 4.69) is 23.5 Å². The molecule has 2 aromatic carbocycles. The molecule has 0 N–H and O–H groups in total. The molecular weight excluding hydrogens is 477 g/mol. The van der Waals surface area contributed by atoms with Gasteiger partial charge in [0.15, 0.2) is 0 Å². The molecule has 190 valence electrons. The van der Waals surface area contributed by atoms with Crippen LogP contribution in [0.25, 0.3) is 0 Å². The van der Waals surface area contributed by atoms with E-state index >= 15 is 0 Å². The minimum absolute atomic E-state index is 0.144. The lowest BCUT2D eigenvalue weighted by atomic mass is 9.82. The molecular formula is C26H25F7O2. The van der Waals surface area contributed by atoms with Gasteiger partial charge in [-0.1, -0.05) is 24.8 Å². The van der Waals surface area contributed by atoms with Crippen molar-refractivity contribution in [2.45, 2.75) is 69.5 Å². The van der Waals surface area contributed by atoms with Crippen molar-refractivity contribution in [3.63, 3.8) is 0 Å². The van der Waals surface area contributed by atoms with E-state index in [4.69, 9.17) is 4.74 Å². The quantitative estimate of drug-likeness (QED) is 0.288. The predicted octanol–water partition coefficient (Wildman–Crippen LogP) is 7.55. The standard InChI is InChI=1S/C26H25F7O2/c1-2-15-34-21-13-9-18(10-14-21)20-8-7-19(23(27)16-20)6-3-17-4-11-22(12-5-17)35-26(32,33)24(28)25(29,30)31/h4-5,7-8,11-12,16,18,21,24H,2,9-10,13-15H2,1H3. The van der Waals surface area contributed by atoms with Gasteiger partial charge in [-0.3, -0.25) is 0 Å². The predicted molar refractivity (Wildman–Crippen MR) is 117 cm³/mol. The fourth-order valence-corrected chi connectivity index (χ4v) is 3.88. The Bertz CT molecular complexity index is 1030. The van der Waals surface area contributed by atoms with Crippen molar-refractivity contribution in [1.82, 2.24) is 0 Å². The second kappa shape index (κ2) is 11.3. The molecule has 1 aliphatic carbocycles. The Balaban J connectivity index is 1.61. The third-order valence-corrected chi connectivity index (χ3v) is 5.73. The van der Waals surface area contributed by atoms with Gasteiger partial charge < -0.3 is 9.47 Å². The summed E-state index contributed by atoms with van der Waals surface area (Å²) in [5.41, 5.74) is 1.32. The van der Waals surface area contributed by atoms with Gasteiger partial charge >= 0.3 is 12.3 Å². The lowest BCUT2D eigenvalue weighted by Gasteiger charge is -2.28. The van der Waals surface area contributed by atoms with E-state index in [1.807, 2.05) is 6.07 Å². The molecule has 0 aliphatic heterocycles. The van der Waals surface area contributed by atoms with Crippen molar-refractivity contribution in [3.8, 4) is 17.6 Å². The maximum atomic E-state index is 14.6. The van der Waals surface area contributed by atoms with Gasteiger partial charge in [0.05, 0.1) is 11.7 Å². The summed E-state index contributed by atoms with van der Waals surface area (Å²) < 4.78 is 101. The molecule has 2 aromatic rings. The van der Waals surface area contributed by atoms with Crippen LogP contribution in [0.1, 0.15) is 61.6 Å². The Morgan fingerprint density at radius 1 is 0.943 bits per heavy atom. The van der Waals surface area contributed by atoms with E-state index in [1.54, 1.807) is 6.07 Å². The van der Waals surface area contributed by atoms with Gasteiger partial charge in [-0.15, -0.1) is 0 Å². The summed E-state index contributed by atoms with van der Waals surface area (Å²) in [4.78, 5) is 0. The van der Waals surface area contributed by atoms with Gasteiger partial charge in [0.25, 0.3) is 6.17 Å². The Kier molecular flexibility index (Phi) is 8.70. The second-order valence-electron chi connectivity index (χ2n) is 8.43. The lowest BCUT2D eigenvalue weighted by molar-refractivity contribution is -0.304. The number of rotatable bonds is 7. The monoisotopic (exact) mass is 502 g/mol. The van der Waals surface area contributed by atoms with Crippen LogP contribution in [0.15, 0.2) is 42.5 Å². The number of alkyl halides is 6. The van der Waals surface area contributed by atoms with Crippen LogP contribution in [-0.4, -0.2) is 31.2 Å². The van der Waals surface area contributed by atoms with Crippen molar-refractivity contribution in [1.29, 1.82) is 0 Å². The minimum Gasteiger partial charge on any atom is -0.430 e. The molecule has 35 heavy (non-hydrogen) atoms. The Labute approximate surface area is 199 Å². The highest BCUT2D eigenvalue weighted by molar-refractivity contribution is 5.45. The molecule has 2 nitrogen and oxygen atoms in total. The molecule has 0 spiro atoms. The maximum absolute atomic E-state index is 14.6. The van der Waals surface area contributed by atoms with Gasteiger partial charge in [0.2, 0.25) is 0 Å². The molecule has 1 saturated carbocycles. The maximum Gasteiger partial charge on any atom is 0.439 e. The summed E-state index contributed by atoms with van der Waals surface area (Å²) >= 11 is 0. The van der Waals surface area contributed by atoms with Crippen LogP contribution in [-0.2, 0) is 4.74 Å². The smallest absolute Gasteiger partial charge is 0.430 e. The zero-order valence-corrected chi connectivity index (χ0v) is 19.0. The fraction of sp³-hybridized carbons (Fsp3) is 0.462. The second-order valence-corrected chi connectivity index (χ2v) is 8.43. The number of hydrogen-bond acceptors (Lipinski definition) is 2. The van der Waals surface area contributed by atoms with Crippen LogP contribution < -0.4 is 4.74 Å². The summed E-state index contributed by atoms with van der Waals surface area (Å²) in [7, 11) is 0. The zero-order valence-electron chi connectivity index (χ0n) is 19.0. The van der Waals surface area contributed by atoms with Crippen LogP contribution in [0.4, 0.5) is 30.7 Å². The molecule has 0 saturated heterocycles. The molecule has 0 heterocycles. The van der Waals surface area contributed by atoms with Gasteiger partial charge in [0, 0.05) is 12.2 Å². The summed E-state index contributed by atoms with van der Waals surface area (Å²) in [5, 5.41) is 0. The van der Waals surface area contributed by atoms with Crippen LogP contribution in [0, 0.1) is 17.7 Å². The minimum atomic E-state index is -5.77. The zero-order chi connectivity index (χ0) is 25.6. The first-order valence-electron chi connectivity index (χ1n) is 11.3. The molecule has 0 aromatic heterocycles. The Morgan fingerprint density at radius 2 is 1.60 bits per heavy atom. The topological polar surface area (TPSA) is 18.5 Å². The van der Waals surface area contributed by atoms with Crippen LogP contribution >= 0.6 is 0 Å². The largest absolute Gasteiger partial charge is 0.439 e. The molecule has 9 heteroatoms. The summed E-state index contributed by atoms with van der Waals surface area (Å²) in [5.74, 6) is 4.41. The number of benzene rings is 2. The summed E-state index contributed by atoms with van der Waals surface area (Å²) in [6, 6.07) is 9.14. The SMILES string of the molecule is CCCOC1CCC(c2ccc(C#Cc3ccc(OC(F)(F)C(F)C(F)(F)F)cc3)c(F)c2)CC1. The van der Waals surface area contributed by atoms with Crippen LogP contribution in [0.5, 0.6) is 5.75 Å². The summed E-state index contributed by atoms with van der Waals surface area (Å²) in [6.07, 6.45) is -10.4. The third-order valence-electron chi connectivity index (χ3n) is 5.73. The molecule has 1 aliphatic rings. The number of halogens is 7. The lowest BCUT2D eigenvalue weighted by Crippen LogP contribution is -2.45. The summed E-state index contributed by atoms with van der Waals surface area (Å²) in [6.45, 7) is 2.81. The van der Waals surface area contributed by atoms with Crippen molar-refractivity contribution in [2.75, 3.05) is 6.61 Å². The van der Waals surface area contributed by atoms with Crippen LogP contribution in [0.3, 0.4) is 0 Å². The van der Waals surface area contributed by atoms with Gasteiger partial charge in [-0.05, 0) is 80.0 Å². The first-order chi connectivity index (χ1) is 16.5. The van der Waals surface area contributed by atoms with Crippen molar-refractivity contribution < 1.29 is 40.2 Å². The highest BCUT2D eigenvalue weighted by Crippen LogP contribution is 2.37. The van der Waals surface area contributed by atoms with E-state index in [0.29, 0.717) is 0 Å². The average molecular weight is 502 g/mol. The van der Waals surface area contributed by atoms with Crippen molar-refractivity contribution >= 4 is 0 Å². The van der Waals surface area contributed by atoms with Gasteiger partial charge in [0.1, 0.15) is 11.6 Å². The van der Waals surface area contributed by atoms with Crippen LogP contribution in [0.2, 0.25) is 0 Å². The molecule has 1 fully saturated rings. The highest BCUT2D eigenvalue weighted by Gasteiger charge is 2.59. The first kappa shape index (κ1) is 26.9. The van der Waals surface area contributed by atoms with E-state index in [0.717, 1.165) is 56.4 Å². The average Bonchev–Trinajstić information content (AvgIpc) is 2.82. The number of hydrogen-bond donors (Lipinski definition) is 0. The fourth-order valence-electron chi connectivity index (χ4n) is 3.88. The third kappa shape index (κ3) is 7.38. The molecule has 0 radical (unpaired) electrons. The normalized spacial score (nSPS) is 19.5. The molecule has 0 amide bonds. The number of ether oxygens (including phenoxy) is 2. The van der Waals surface area contributed by atoms with E-state index < -0.39 is 30.0 Å². The van der Waals surface area contributed by atoms with Gasteiger partial charge in [-0.25, -0.2) is 8.78 Å². The highest BCUT2D eigenvalue weighted by atomic mass is 19.4. The molecule has 0 bridgehead atoms. The molecule has 1 unspecified atom stereocenters. The van der Waals surface area contributed by atoms with Crippen molar-refractivity contribution in [2.24, 2.45) is 0 Å². The van der Waals surface area contributed by atoms with E-state index in [1.165, 1.54) is 18.2 Å². The first-order valence-corrected chi connectivity index (χ1v) is 11.3. The van der Waals surface area contributed by atoms with E-state index in [9.17, 15) is 30.7 Å².